The number of aromatic nitrogens is 6. The summed E-state index contributed by atoms with van der Waals surface area (Å²) in [5.41, 5.74) is 2.00. The van der Waals surface area contributed by atoms with Gasteiger partial charge in [-0.2, -0.15) is 10.2 Å². The molecule has 2 aromatic heterocycles. The Hall–Kier alpha value is -3.54. The third-order valence-corrected chi connectivity index (χ3v) is 4.17. The lowest BCUT2D eigenvalue weighted by molar-refractivity contribution is 0.883. The normalized spacial score (nSPS) is 11.3. The third kappa shape index (κ3) is 1.83. The fraction of sp³-hybridized carbons (Fsp3) is 0. The van der Waals surface area contributed by atoms with Crippen molar-refractivity contribution in [1.82, 2.24) is 29.5 Å². The van der Waals surface area contributed by atoms with E-state index in [0.717, 1.165) is 32.9 Å². The van der Waals surface area contributed by atoms with Gasteiger partial charge < -0.3 is 0 Å². The van der Waals surface area contributed by atoms with Gasteiger partial charge in [0, 0.05) is 16.2 Å². The average molecular weight is 312 g/mol. The van der Waals surface area contributed by atoms with Crippen LogP contribution in [0, 0.1) is 0 Å². The van der Waals surface area contributed by atoms with Gasteiger partial charge in [0.1, 0.15) is 25.3 Å². The minimum absolute atomic E-state index is 0.983. The summed E-state index contributed by atoms with van der Waals surface area (Å²) in [5.74, 6) is 0. The maximum absolute atomic E-state index is 4.35. The summed E-state index contributed by atoms with van der Waals surface area (Å²) in [6.45, 7) is 0. The first kappa shape index (κ1) is 13.0. The third-order valence-electron chi connectivity index (χ3n) is 4.17. The molecule has 0 bridgehead atoms. The van der Waals surface area contributed by atoms with E-state index in [9.17, 15) is 0 Å². The quantitative estimate of drug-likeness (QED) is 0.470. The van der Waals surface area contributed by atoms with Gasteiger partial charge >= 0.3 is 0 Å². The second-order valence-corrected chi connectivity index (χ2v) is 5.50. The van der Waals surface area contributed by atoms with Crippen LogP contribution in [0.25, 0.3) is 32.9 Å². The van der Waals surface area contributed by atoms with Crippen LogP contribution in [0.1, 0.15) is 0 Å². The molecule has 3 aromatic carbocycles. The van der Waals surface area contributed by atoms with Gasteiger partial charge in [-0.05, 0) is 17.5 Å². The Balaban J connectivity index is 1.99. The predicted octanol–water partition coefficient (Wildman–Crippen LogP) is 3.15. The molecule has 0 unspecified atom stereocenters. The van der Waals surface area contributed by atoms with Crippen LogP contribution in [-0.4, -0.2) is 29.5 Å². The van der Waals surface area contributed by atoms with Gasteiger partial charge in [-0.15, -0.1) is 0 Å². The maximum Gasteiger partial charge on any atom is 0.138 e. The second kappa shape index (κ2) is 4.99. The van der Waals surface area contributed by atoms with Crippen LogP contribution in [0.4, 0.5) is 0 Å². The molecule has 6 nitrogen and oxygen atoms in total. The zero-order chi connectivity index (χ0) is 15.9. The first-order chi connectivity index (χ1) is 11.9. The summed E-state index contributed by atoms with van der Waals surface area (Å²) in [7, 11) is 0. The van der Waals surface area contributed by atoms with E-state index in [2.05, 4.69) is 44.4 Å². The van der Waals surface area contributed by atoms with E-state index in [-0.39, 0.29) is 0 Å². The Morgan fingerprint density at radius 3 is 2.21 bits per heavy atom. The molecule has 0 aliphatic heterocycles. The molecule has 6 heteroatoms. The van der Waals surface area contributed by atoms with Gasteiger partial charge in [-0.1, -0.05) is 36.4 Å². The molecule has 0 saturated carbocycles. The molecule has 2 heterocycles. The molecule has 0 aliphatic carbocycles. The summed E-state index contributed by atoms with van der Waals surface area (Å²) >= 11 is 0. The molecule has 0 N–H and O–H groups in total. The summed E-state index contributed by atoms with van der Waals surface area (Å²) in [4.78, 5) is 8.17. The van der Waals surface area contributed by atoms with Crippen molar-refractivity contribution in [3.63, 3.8) is 0 Å². The molecule has 114 valence electrons. The van der Waals surface area contributed by atoms with Crippen molar-refractivity contribution in [2.75, 3.05) is 0 Å². The summed E-state index contributed by atoms with van der Waals surface area (Å²) in [6, 6.07) is 16.6. The summed E-state index contributed by atoms with van der Waals surface area (Å²) in [5, 5.41) is 13.1. The van der Waals surface area contributed by atoms with E-state index in [1.54, 1.807) is 23.7 Å². The summed E-state index contributed by atoms with van der Waals surface area (Å²) in [6.07, 6.45) is 6.52. The number of nitrogens with zero attached hydrogens (tertiary/aromatic N) is 6. The Bertz CT molecular complexity index is 1140. The molecular weight excluding hydrogens is 300 g/mol. The lowest BCUT2D eigenvalue weighted by atomic mass is 10.00. The Labute approximate surface area is 137 Å². The minimum Gasteiger partial charge on any atom is -0.223 e. The fourth-order valence-electron chi connectivity index (χ4n) is 3.15. The molecular formula is C18H12N6. The Kier molecular flexibility index (Phi) is 2.69. The Morgan fingerprint density at radius 2 is 1.42 bits per heavy atom. The van der Waals surface area contributed by atoms with Crippen molar-refractivity contribution in [2.45, 2.75) is 0 Å². The maximum atomic E-state index is 4.35. The van der Waals surface area contributed by atoms with E-state index in [1.165, 1.54) is 6.33 Å². The van der Waals surface area contributed by atoms with Crippen molar-refractivity contribution in [2.24, 2.45) is 0 Å². The molecule has 24 heavy (non-hydrogen) atoms. The van der Waals surface area contributed by atoms with Crippen molar-refractivity contribution < 1.29 is 0 Å². The van der Waals surface area contributed by atoms with Gasteiger partial charge in [-0.3, -0.25) is 0 Å². The topological polar surface area (TPSA) is 61.4 Å². The number of hydrogen-bond acceptors (Lipinski definition) is 4. The van der Waals surface area contributed by atoms with Crippen LogP contribution in [0.5, 0.6) is 0 Å². The van der Waals surface area contributed by atoms with Crippen molar-refractivity contribution >= 4 is 21.5 Å². The smallest absolute Gasteiger partial charge is 0.138 e. The summed E-state index contributed by atoms with van der Waals surface area (Å²) < 4.78 is 3.60. The minimum atomic E-state index is 0.983. The monoisotopic (exact) mass is 312 g/mol. The highest BCUT2D eigenvalue weighted by molar-refractivity contribution is 6.09. The van der Waals surface area contributed by atoms with Gasteiger partial charge in [0.2, 0.25) is 0 Å². The van der Waals surface area contributed by atoms with Gasteiger partial charge in [0.05, 0.1) is 11.4 Å². The number of hydrogen-bond donors (Lipinski definition) is 0. The van der Waals surface area contributed by atoms with E-state index < -0.39 is 0 Å². The van der Waals surface area contributed by atoms with Crippen molar-refractivity contribution in [3.05, 3.63) is 73.8 Å². The fourth-order valence-corrected chi connectivity index (χ4v) is 3.15. The first-order valence-electron chi connectivity index (χ1n) is 7.56. The first-order valence-corrected chi connectivity index (χ1v) is 7.56. The molecule has 0 atom stereocenters. The standard InChI is InChI=1S/C18H12N6/c1-2-5-14-13(4-1)8-16-15(18(14)24-12-20-10-22-24)6-3-7-17(16)23-11-19-9-21-23/h1-12H. The van der Waals surface area contributed by atoms with Gasteiger partial charge in [0.25, 0.3) is 0 Å². The van der Waals surface area contributed by atoms with Crippen LogP contribution < -0.4 is 0 Å². The zero-order valence-electron chi connectivity index (χ0n) is 12.6. The SMILES string of the molecule is c1ccc2c(-n3cncn3)c3cccc(-n4cncn4)c3cc2c1. The van der Waals surface area contributed by atoms with Crippen LogP contribution in [0.15, 0.2) is 73.8 Å². The van der Waals surface area contributed by atoms with E-state index in [4.69, 9.17) is 0 Å². The molecule has 0 aliphatic rings. The molecule has 0 fully saturated rings. The average Bonchev–Trinajstić information content (AvgIpc) is 3.32. The zero-order valence-corrected chi connectivity index (χ0v) is 12.6. The van der Waals surface area contributed by atoms with Crippen molar-refractivity contribution in [1.29, 1.82) is 0 Å². The van der Waals surface area contributed by atoms with E-state index >= 15 is 0 Å². The number of rotatable bonds is 2. The highest BCUT2D eigenvalue weighted by Gasteiger charge is 2.13. The molecule has 5 aromatic rings. The van der Waals surface area contributed by atoms with E-state index in [0.29, 0.717) is 0 Å². The predicted molar refractivity (Wildman–Crippen MR) is 91.3 cm³/mol. The van der Waals surface area contributed by atoms with Gasteiger partial charge in [0.15, 0.2) is 0 Å². The lowest BCUT2D eigenvalue weighted by Crippen LogP contribution is -2.00. The highest BCUT2D eigenvalue weighted by atomic mass is 15.3. The molecule has 0 radical (unpaired) electrons. The van der Waals surface area contributed by atoms with Gasteiger partial charge in [-0.25, -0.2) is 19.3 Å². The van der Waals surface area contributed by atoms with Crippen LogP contribution in [0.2, 0.25) is 0 Å². The molecule has 0 amide bonds. The largest absolute Gasteiger partial charge is 0.223 e. The van der Waals surface area contributed by atoms with Crippen molar-refractivity contribution in [3.8, 4) is 11.4 Å². The Morgan fingerprint density at radius 1 is 0.667 bits per heavy atom. The second-order valence-electron chi connectivity index (χ2n) is 5.50. The number of benzene rings is 3. The molecule has 0 saturated heterocycles. The molecule has 5 rings (SSSR count). The van der Waals surface area contributed by atoms with Crippen LogP contribution in [0.3, 0.4) is 0 Å². The van der Waals surface area contributed by atoms with Crippen LogP contribution in [-0.2, 0) is 0 Å². The highest BCUT2D eigenvalue weighted by Crippen LogP contribution is 2.33. The van der Waals surface area contributed by atoms with Crippen LogP contribution >= 0.6 is 0 Å². The lowest BCUT2D eigenvalue weighted by Gasteiger charge is -2.13. The molecule has 0 spiro atoms. The van der Waals surface area contributed by atoms with E-state index in [1.807, 2.05) is 28.9 Å². The number of fused-ring (bicyclic) bond motifs is 2.